The number of nitrogens with zero attached hydrogens (tertiary/aromatic N) is 1. The predicted octanol–water partition coefficient (Wildman–Crippen LogP) is 4.76. The molecule has 2 aromatic carbocycles. The molecule has 0 atom stereocenters. The van der Waals surface area contributed by atoms with E-state index < -0.39 is 0 Å². The van der Waals surface area contributed by atoms with Crippen LogP contribution >= 0.6 is 35.6 Å². The third-order valence-corrected chi connectivity index (χ3v) is 5.14. The van der Waals surface area contributed by atoms with Gasteiger partial charge in [0.05, 0.1) is 10.6 Å². The highest BCUT2D eigenvalue weighted by atomic mass is 35.5. The molecule has 2 aromatic rings. The third kappa shape index (κ3) is 3.13. The Kier molecular flexibility index (Phi) is 4.43. The lowest BCUT2D eigenvalue weighted by Crippen LogP contribution is -2.27. The van der Waals surface area contributed by atoms with E-state index in [1.165, 1.54) is 16.7 Å². The van der Waals surface area contributed by atoms with Gasteiger partial charge in [-0.15, -0.1) is 0 Å². The van der Waals surface area contributed by atoms with E-state index in [4.69, 9.17) is 23.8 Å². The average Bonchev–Trinajstić information content (AvgIpc) is 2.79. The van der Waals surface area contributed by atoms with Gasteiger partial charge in [-0.3, -0.25) is 9.69 Å². The molecule has 23 heavy (non-hydrogen) atoms. The number of hydrogen-bond acceptors (Lipinski definition) is 4. The molecule has 1 N–H and O–H groups in total. The van der Waals surface area contributed by atoms with Crippen LogP contribution < -0.4 is 4.90 Å². The number of benzene rings is 2. The predicted molar refractivity (Wildman–Crippen MR) is 99.9 cm³/mol. The second-order valence-electron chi connectivity index (χ2n) is 5.01. The summed E-state index contributed by atoms with van der Waals surface area (Å²) in [5.41, 5.74) is 2.16. The molecule has 0 aromatic heterocycles. The first-order valence-corrected chi connectivity index (χ1v) is 8.40. The van der Waals surface area contributed by atoms with Gasteiger partial charge < -0.3 is 5.11 Å². The zero-order valence-electron chi connectivity index (χ0n) is 12.1. The van der Waals surface area contributed by atoms with Crippen molar-refractivity contribution in [3.63, 3.8) is 0 Å². The number of halogens is 1. The largest absolute Gasteiger partial charge is 0.507 e. The zero-order chi connectivity index (χ0) is 16.6. The maximum absolute atomic E-state index is 12.7. The standard InChI is InChI=1S/C17H12ClNO2S2/c1-10-6-7-12(9-13(10)18)19-16(21)15(23-17(19)22)8-11-4-2-3-5-14(11)20/h2-9,20H,1H3/b15-8-. The highest BCUT2D eigenvalue weighted by molar-refractivity contribution is 8.27. The molecule has 116 valence electrons. The van der Waals surface area contributed by atoms with Gasteiger partial charge in [0, 0.05) is 10.6 Å². The first kappa shape index (κ1) is 16.1. The monoisotopic (exact) mass is 361 g/mol. The van der Waals surface area contributed by atoms with Crippen molar-refractivity contribution in [2.45, 2.75) is 6.92 Å². The topological polar surface area (TPSA) is 40.5 Å². The molecule has 0 saturated carbocycles. The SMILES string of the molecule is Cc1ccc(N2C(=O)/C(=C/c3ccccc3O)SC2=S)cc1Cl. The van der Waals surface area contributed by atoms with Crippen molar-refractivity contribution in [1.82, 2.24) is 0 Å². The van der Waals surface area contributed by atoms with Crippen LogP contribution in [0, 0.1) is 6.92 Å². The van der Waals surface area contributed by atoms with Crippen LogP contribution in [-0.4, -0.2) is 15.3 Å². The van der Waals surface area contributed by atoms with Crippen molar-refractivity contribution < 1.29 is 9.90 Å². The van der Waals surface area contributed by atoms with E-state index in [1.807, 2.05) is 19.1 Å². The van der Waals surface area contributed by atoms with Crippen LogP contribution in [-0.2, 0) is 4.79 Å². The molecule has 3 rings (SSSR count). The summed E-state index contributed by atoms with van der Waals surface area (Å²) >= 11 is 12.7. The summed E-state index contributed by atoms with van der Waals surface area (Å²) in [6.45, 7) is 1.90. The van der Waals surface area contributed by atoms with Crippen molar-refractivity contribution in [3.8, 4) is 5.75 Å². The van der Waals surface area contributed by atoms with Crippen molar-refractivity contribution in [2.24, 2.45) is 0 Å². The van der Waals surface area contributed by atoms with E-state index >= 15 is 0 Å². The first-order chi connectivity index (χ1) is 11.0. The number of aryl methyl sites for hydroxylation is 1. The smallest absolute Gasteiger partial charge is 0.270 e. The molecule has 0 spiro atoms. The normalized spacial score (nSPS) is 16.4. The molecule has 1 saturated heterocycles. The number of rotatable bonds is 2. The lowest BCUT2D eigenvalue weighted by Gasteiger charge is -2.15. The number of hydrogen-bond donors (Lipinski definition) is 1. The Bertz CT molecular complexity index is 848. The fraction of sp³-hybridized carbons (Fsp3) is 0.0588. The number of thioether (sulfide) groups is 1. The molecule has 3 nitrogen and oxygen atoms in total. The summed E-state index contributed by atoms with van der Waals surface area (Å²) < 4.78 is 0.441. The number of phenolic OH excluding ortho intramolecular Hbond substituents is 1. The number of anilines is 1. The third-order valence-electron chi connectivity index (χ3n) is 3.43. The summed E-state index contributed by atoms with van der Waals surface area (Å²) in [5.74, 6) is -0.0979. The van der Waals surface area contributed by atoms with E-state index in [0.717, 1.165) is 5.56 Å². The second-order valence-corrected chi connectivity index (χ2v) is 7.09. The minimum absolute atomic E-state index is 0.121. The lowest BCUT2D eigenvalue weighted by molar-refractivity contribution is -0.113. The molecule has 0 bridgehead atoms. The quantitative estimate of drug-likeness (QED) is 0.618. The van der Waals surface area contributed by atoms with Crippen molar-refractivity contribution >= 4 is 57.6 Å². The molecule has 0 radical (unpaired) electrons. The van der Waals surface area contributed by atoms with E-state index in [0.29, 0.717) is 25.5 Å². The Morgan fingerprint density at radius 3 is 2.70 bits per heavy atom. The van der Waals surface area contributed by atoms with E-state index in [2.05, 4.69) is 0 Å². The molecule has 0 aliphatic carbocycles. The molecular weight excluding hydrogens is 350 g/mol. The van der Waals surface area contributed by atoms with Gasteiger partial charge in [0.15, 0.2) is 4.32 Å². The highest BCUT2D eigenvalue weighted by Gasteiger charge is 2.33. The van der Waals surface area contributed by atoms with E-state index in [-0.39, 0.29) is 11.7 Å². The van der Waals surface area contributed by atoms with Crippen LogP contribution in [0.2, 0.25) is 5.02 Å². The average molecular weight is 362 g/mol. The maximum Gasteiger partial charge on any atom is 0.270 e. The summed E-state index contributed by atoms with van der Waals surface area (Å²) in [6, 6.07) is 12.2. The van der Waals surface area contributed by atoms with Crippen molar-refractivity contribution in [1.29, 1.82) is 0 Å². The number of aromatic hydroxyl groups is 1. The minimum Gasteiger partial charge on any atom is -0.507 e. The van der Waals surface area contributed by atoms with Crippen molar-refractivity contribution in [3.05, 3.63) is 63.5 Å². The fourth-order valence-corrected chi connectivity index (χ4v) is 3.63. The van der Waals surface area contributed by atoms with Crippen LogP contribution in [0.3, 0.4) is 0 Å². The van der Waals surface area contributed by atoms with Crippen LogP contribution in [0.1, 0.15) is 11.1 Å². The molecule has 1 fully saturated rings. The van der Waals surface area contributed by atoms with Crippen LogP contribution in [0.15, 0.2) is 47.4 Å². The Labute approximate surface area is 148 Å². The van der Waals surface area contributed by atoms with Gasteiger partial charge in [0.2, 0.25) is 0 Å². The first-order valence-electron chi connectivity index (χ1n) is 6.79. The van der Waals surface area contributed by atoms with Gasteiger partial charge in [0.1, 0.15) is 5.75 Å². The van der Waals surface area contributed by atoms with Crippen LogP contribution in [0.5, 0.6) is 5.75 Å². The lowest BCUT2D eigenvalue weighted by atomic mass is 10.2. The Balaban J connectivity index is 1.97. The van der Waals surface area contributed by atoms with Crippen LogP contribution in [0.25, 0.3) is 6.08 Å². The Hall–Kier alpha value is -1.82. The van der Waals surface area contributed by atoms with E-state index in [1.54, 1.807) is 36.4 Å². The summed E-state index contributed by atoms with van der Waals surface area (Å²) in [5, 5.41) is 10.4. The number of para-hydroxylation sites is 1. The summed E-state index contributed by atoms with van der Waals surface area (Å²) in [7, 11) is 0. The molecule has 1 heterocycles. The number of carbonyl (C=O) groups excluding carboxylic acids is 1. The molecular formula is C17H12ClNO2S2. The van der Waals surface area contributed by atoms with Gasteiger partial charge in [-0.1, -0.05) is 59.8 Å². The summed E-state index contributed by atoms with van der Waals surface area (Å²) in [4.78, 5) is 14.6. The number of thiocarbonyl (C=S) groups is 1. The molecule has 1 aliphatic heterocycles. The van der Waals surface area contributed by atoms with Gasteiger partial charge >= 0.3 is 0 Å². The van der Waals surface area contributed by atoms with Crippen LogP contribution in [0.4, 0.5) is 5.69 Å². The maximum atomic E-state index is 12.7. The minimum atomic E-state index is -0.219. The second kappa shape index (κ2) is 6.35. The number of amides is 1. The molecule has 6 heteroatoms. The van der Waals surface area contributed by atoms with Gasteiger partial charge in [0.25, 0.3) is 5.91 Å². The highest BCUT2D eigenvalue weighted by Crippen LogP contribution is 2.37. The van der Waals surface area contributed by atoms with Gasteiger partial charge in [-0.2, -0.15) is 0 Å². The zero-order valence-corrected chi connectivity index (χ0v) is 14.5. The van der Waals surface area contributed by atoms with Gasteiger partial charge in [-0.25, -0.2) is 0 Å². The Morgan fingerprint density at radius 2 is 2.00 bits per heavy atom. The molecule has 0 unspecified atom stereocenters. The molecule has 1 amide bonds. The Morgan fingerprint density at radius 1 is 1.26 bits per heavy atom. The summed E-state index contributed by atoms with van der Waals surface area (Å²) in [6.07, 6.45) is 1.64. The molecule has 1 aliphatic rings. The number of phenols is 1. The van der Waals surface area contributed by atoms with Gasteiger partial charge in [-0.05, 0) is 36.8 Å². The van der Waals surface area contributed by atoms with E-state index in [9.17, 15) is 9.90 Å². The number of carbonyl (C=O) groups is 1. The van der Waals surface area contributed by atoms with Crippen molar-refractivity contribution in [2.75, 3.05) is 4.90 Å². The fourth-order valence-electron chi connectivity index (χ4n) is 2.16.